The number of ether oxygens (including phenoxy) is 1. The molecule has 0 aliphatic carbocycles. The molecule has 0 aliphatic rings. The monoisotopic (exact) mass is 374 g/mol. The Morgan fingerprint density at radius 2 is 1.76 bits per heavy atom. The van der Waals surface area contributed by atoms with Gasteiger partial charge in [-0.05, 0) is 48.2 Å². The zero-order valence-corrected chi connectivity index (χ0v) is 16.0. The first-order valence-corrected chi connectivity index (χ1v) is 8.93. The minimum atomic E-state index is 0.311. The molecule has 0 N–H and O–H groups in total. The summed E-state index contributed by atoms with van der Waals surface area (Å²) in [6.07, 6.45) is 1.86. The summed E-state index contributed by atoms with van der Waals surface area (Å²) in [7, 11) is 0. The van der Waals surface area contributed by atoms with Gasteiger partial charge in [0.05, 0.1) is 21.9 Å². The smallest absolute Gasteiger partial charge is 0.131 e. The topological polar surface area (TPSA) is 27.1 Å². The highest BCUT2D eigenvalue weighted by atomic mass is 35.5. The second-order valence-corrected chi connectivity index (χ2v) is 7.10. The Morgan fingerprint density at radius 3 is 2.40 bits per heavy atom. The summed E-state index contributed by atoms with van der Waals surface area (Å²) in [6, 6.07) is 13.4. The SMILES string of the molecule is Cc1cccc(OCc2c(C(C)C)cnn2-c2c(Cl)cccc2Cl)c1. The molecule has 5 heteroatoms. The zero-order valence-electron chi connectivity index (χ0n) is 14.5. The maximum absolute atomic E-state index is 6.38. The van der Waals surface area contributed by atoms with Crippen molar-refractivity contribution >= 4 is 23.2 Å². The molecule has 0 radical (unpaired) electrons. The zero-order chi connectivity index (χ0) is 18.0. The third-order valence-corrected chi connectivity index (χ3v) is 4.65. The molecule has 1 aromatic heterocycles. The average Bonchev–Trinajstić information content (AvgIpc) is 2.97. The van der Waals surface area contributed by atoms with E-state index in [0.29, 0.717) is 28.3 Å². The largest absolute Gasteiger partial charge is 0.487 e. The van der Waals surface area contributed by atoms with Gasteiger partial charge >= 0.3 is 0 Å². The second kappa shape index (κ2) is 7.51. The maximum atomic E-state index is 6.38. The molecule has 2 aromatic carbocycles. The van der Waals surface area contributed by atoms with E-state index in [1.807, 2.05) is 55.6 Å². The molecule has 3 aromatic rings. The Labute approximate surface area is 158 Å². The molecule has 0 atom stereocenters. The van der Waals surface area contributed by atoms with Crippen molar-refractivity contribution in [3.8, 4) is 11.4 Å². The number of hydrogen-bond donors (Lipinski definition) is 0. The predicted molar refractivity (Wildman–Crippen MR) is 103 cm³/mol. The van der Waals surface area contributed by atoms with Crippen molar-refractivity contribution in [1.29, 1.82) is 0 Å². The number of aromatic nitrogens is 2. The van der Waals surface area contributed by atoms with Crippen molar-refractivity contribution in [3.63, 3.8) is 0 Å². The van der Waals surface area contributed by atoms with E-state index in [-0.39, 0.29) is 0 Å². The molecule has 1 heterocycles. The number of aryl methyl sites for hydroxylation is 1. The number of halogens is 2. The molecule has 0 saturated heterocycles. The van der Waals surface area contributed by atoms with Crippen LogP contribution in [0.15, 0.2) is 48.7 Å². The molecule has 3 rings (SSSR count). The van der Waals surface area contributed by atoms with Gasteiger partial charge in [0.15, 0.2) is 0 Å². The minimum absolute atomic E-state index is 0.311. The van der Waals surface area contributed by atoms with Crippen LogP contribution in [0.25, 0.3) is 5.69 Å². The molecule has 0 aliphatic heterocycles. The fraction of sp³-hybridized carbons (Fsp3) is 0.250. The van der Waals surface area contributed by atoms with Crippen LogP contribution >= 0.6 is 23.2 Å². The van der Waals surface area contributed by atoms with E-state index in [2.05, 4.69) is 18.9 Å². The van der Waals surface area contributed by atoms with Crippen LogP contribution in [0.4, 0.5) is 0 Å². The third-order valence-electron chi connectivity index (χ3n) is 4.04. The van der Waals surface area contributed by atoms with Crippen molar-refractivity contribution in [2.24, 2.45) is 0 Å². The average molecular weight is 375 g/mol. The summed E-state index contributed by atoms with van der Waals surface area (Å²) in [5.74, 6) is 1.14. The van der Waals surface area contributed by atoms with E-state index in [1.165, 1.54) is 0 Å². The van der Waals surface area contributed by atoms with Crippen LogP contribution in [-0.4, -0.2) is 9.78 Å². The molecule has 0 amide bonds. The van der Waals surface area contributed by atoms with Gasteiger partial charge in [0, 0.05) is 0 Å². The third kappa shape index (κ3) is 3.83. The number of rotatable bonds is 5. The Morgan fingerprint density at radius 1 is 1.08 bits per heavy atom. The summed E-state index contributed by atoms with van der Waals surface area (Å²) >= 11 is 12.8. The van der Waals surface area contributed by atoms with Crippen molar-refractivity contribution in [1.82, 2.24) is 9.78 Å². The standard InChI is InChI=1S/C20H20Cl2N2O/c1-13(2)16-11-23-24(20-17(21)8-5-9-18(20)22)19(16)12-25-15-7-4-6-14(3)10-15/h4-11,13H,12H2,1-3H3. The van der Waals surface area contributed by atoms with E-state index in [9.17, 15) is 0 Å². The maximum Gasteiger partial charge on any atom is 0.131 e. The lowest BCUT2D eigenvalue weighted by Crippen LogP contribution is -2.09. The van der Waals surface area contributed by atoms with Crippen LogP contribution in [0.3, 0.4) is 0 Å². The van der Waals surface area contributed by atoms with Gasteiger partial charge in [-0.15, -0.1) is 0 Å². The van der Waals surface area contributed by atoms with Gasteiger partial charge in [0.2, 0.25) is 0 Å². The summed E-state index contributed by atoms with van der Waals surface area (Å²) in [5, 5.41) is 5.64. The number of nitrogens with zero attached hydrogens (tertiary/aromatic N) is 2. The van der Waals surface area contributed by atoms with Gasteiger partial charge in [-0.1, -0.05) is 55.2 Å². The van der Waals surface area contributed by atoms with E-state index in [0.717, 1.165) is 22.6 Å². The first kappa shape index (κ1) is 17.8. The van der Waals surface area contributed by atoms with Crippen LogP contribution in [0.2, 0.25) is 10.0 Å². The predicted octanol–water partition coefficient (Wildman–Crippen LogP) is 6.19. The summed E-state index contributed by atoms with van der Waals surface area (Å²) < 4.78 is 7.80. The summed E-state index contributed by atoms with van der Waals surface area (Å²) in [4.78, 5) is 0. The molecular weight excluding hydrogens is 355 g/mol. The normalized spacial score (nSPS) is 11.1. The Kier molecular flexibility index (Phi) is 5.36. The molecule has 0 spiro atoms. The first-order chi connectivity index (χ1) is 12.0. The van der Waals surface area contributed by atoms with Gasteiger partial charge < -0.3 is 4.74 Å². The lowest BCUT2D eigenvalue weighted by molar-refractivity contribution is 0.295. The molecule has 0 unspecified atom stereocenters. The molecule has 3 nitrogen and oxygen atoms in total. The summed E-state index contributed by atoms with van der Waals surface area (Å²) in [5.41, 5.74) is 3.90. The number of para-hydroxylation sites is 1. The number of benzene rings is 2. The molecular formula is C20H20Cl2N2O. The van der Waals surface area contributed by atoms with Crippen LogP contribution in [0, 0.1) is 6.92 Å². The lowest BCUT2D eigenvalue weighted by Gasteiger charge is -2.15. The highest BCUT2D eigenvalue weighted by Gasteiger charge is 2.19. The van der Waals surface area contributed by atoms with Crippen molar-refractivity contribution in [2.45, 2.75) is 33.3 Å². The van der Waals surface area contributed by atoms with Gasteiger partial charge in [0.25, 0.3) is 0 Å². The Balaban J connectivity index is 2.01. The van der Waals surface area contributed by atoms with E-state index in [1.54, 1.807) is 4.68 Å². The Bertz CT molecular complexity index is 867. The minimum Gasteiger partial charge on any atom is -0.487 e. The molecule has 0 saturated carbocycles. The van der Waals surface area contributed by atoms with Crippen molar-refractivity contribution in [3.05, 3.63) is 75.5 Å². The van der Waals surface area contributed by atoms with Crippen LogP contribution in [0.5, 0.6) is 5.75 Å². The quantitative estimate of drug-likeness (QED) is 0.532. The van der Waals surface area contributed by atoms with Gasteiger partial charge in [0.1, 0.15) is 18.0 Å². The number of hydrogen-bond acceptors (Lipinski definition) is 2. The first-order valence-electron chi connectivity index (χ1n) is 8.18. The Hall–Kier alpha value is -1.97. The fourth-order valence-corrected chi connectivity index (χ4v) is 3.31. The van der Waals surface area contributed by atoms with E-state index < -0.39 is 0 Å². The van der Waals surface area contributed by atoms with Crippen molar-refractivity contribution in [2.75, 3.05) is 0 Å². The van der Waals surface area contributed by atoms with Gasteiger partial charge in [-0.25, -0.2) is 4.68 Å². The molecule has 0 bridgehead atoms. The van der Waals surface area contributed by atoms with Crippen LogP contribution < -0.4 is 4.74 Å². The lowest BCUT2D eigenvalue weighted by atomic mass is 10.0. The van der Waals surface area contributed by atoms with E-state index in [4.69, 9.17) is 27.9 Å². The molecule has 0 fully saturated rings. The summed E-state index contributed by atoms with van der Waals surface area (Å²) in [6.45, 7) is 6.69. The fourth-order valence-electron chi connectivity index (χ4n) is 2.75. The highest BCUT2D eigenvalue weighted by Crippen LogP contribution is 2.32. The van der Waals surface area contributed by atoms with Crippen LogP contribution in [0.1, 0.15) is 36.6 Å². The van der Waals surface area contributed by atoms with Crippen LogP contribution in [-0.2, 0) is 6.61 Å². The van der Waals surface area contributed by atoms with Crippen molar-refractivity contribution < 1.29 is 4.74 Å². The van der Waals surface area contributed by atoms with E-state index >= 15 is 0 Å². The molecule has 25 heavy (non-hydrogen) atoms. The second-order valence-electron chi connectivity index (χ2n) is 6.29. The molecule has 130 valence electrons. The highest BCUT2D eigenvalue weighted by molar-refractivity contribution is 6.37. The van der Waals surface area contributed by atoms with Gasteiger partial charge in [-0.2, -0.15) is 5.10 Å². The van der Waals surface area contributed by atoms with Gasteiger partial charge in [-0.3, -0.25) is 0 Å².